The van der Waals surface area contributed by atoms with Crippen LogP contribution in [0.3, 0.4) is 0 Å². The molecule has 2 fully saturated rings. The minimum atomic E-state index is 0.868. The third-order valence-electron chi connectivity index (χ3n) is 5.07. The molecule has 0 N–H and O–H groups in total. The predicted molar refractivity (Wildman–Crippen MR) is 73.0 cm³/mol. The molecular formula is C17H24. The van der Waals surface area contributed by atoms with Crippen LogP contribution in [-0.2, 0) is 6.42 Å². The first-order chi connectivity index (χ1) is 8.39. The van der Waals surface area contributed by atoms with Crippen LogP contribution in [0.4, 0.5) is 0 Å². The summed E-state index contributed by atoms with van der Waals surface area (Å²) in [5.41, 5.74) is 2.38. The van der Waals surface area contributed by atoms with Crippen LogP contribution in [0.25, 0.3) is 0 Å². The maximum absolute atomic E-state index is 2.26. The maximum Gasteiger partial charge on any atom is -0.0266 e. The van der Waals surface area contributed by atoms with Crippen LogP contribution in [0.1, 0.15) is 56.9 Å². The molecule has 1 unspecified atom stereocenters. The molecule has 17 heavy (non-hydrogen) atoms. The molecule has 2 saturated carbocycles. The highest BCUT2D eigenvalue weighted by atomic mass is 14.6. The molecule has 0 aliphatic heterocycles. The molecule has 1 aromatic carbocycles. The summed E-state index contributed by atoms with van der Waals surface area (Å²) in [6, 6.07) is 10.9. The lowest BCUT2D eigenvalue weighted by atomic mass is 9.98. The molecule has 3 rings (SSSR count). The van der Waals surface area contributed by atoms with Crippen molar-refractivity contribution in [2.75, 3.05) is 0 Å². The van der Waals surface area contributed by atoms with Crippen molar-refractivity contribution in [2.24, 2.45) is 11.3 Å². The lowest BCUT2D eigenvalue weighted by molar-refractivity contribution is 0.444. The van der Waals surface area contributed by atoms with Gasteiger partial charge in [0.05, 0.1) is 0 Å². The number of unbranched alkanes of at least 4 members (excludes halogenated alkanes) is 1. The van der Waals surface area contributed by atoms with Gasteiger partial charge >= 0.3 is 0 Å². The van der Waals surface area contributed by atoms with Crippen molar-refractivity contribution in [3.63, 3.8) is 0 Å². The van der Waals surface area contributed by atoms with E-state index in [9.17, 15) is 0 Å². The van der Waals surface area contributed by atoms with Crippen molar-refractivity contribution in [1.82, 2.24) is 0 Å². The second-order valence-corrected chi connectivity index (χ2v) is 6.20. The van der Waals surface area contributed by atoms with Crippen LogP contribution < -0.4 is 0 Å². The van der Waals surface area contributed by atoms with Crippen LogP contribution in [0, 0.1) is 11.3 Å². The highest BCUT2D eigenvalue weighted by molar-refractivity contribution is 5.14. The number of benzene rings is 1. The average molecular weight is 228 g/mol. The number of hydrogen-bond acceptors (Lipinski definition) is 0. The van der Waals surface area contributed by atoms with Gasteiger partial charge in [0.1, 0.15) is 0 Å². The third-order valence-corrected chi connectivity index (χ3v) is 5.07. The van der Waals surface area contributed by atoms with Gasteiger partial charge in [-0.2, -0.15) is 0 Å². The lowest BCUT2D eigenvalue weighted by Gasteiger charge is -2.07. The Morgan fingerprint density at radius 3 is 2.53 bits per heavy atom. The van der Waals surface area contributed by atoms with Gasteiger partial charge in [0, 0.05) is 0 Å². The van der Waals surface area contributed by atoms with E-state index in [4.69, 9.17) is 0 Å². The Balaban J connectivity index is 1.34. The van der Waals surface area contributed by atoms with Crippen molar-refractivity contribution >= 4 is 0 Å². The molecule has 1 atom stereocenters. The lowest BCUT2D eigenvalue weighted by Crippen LogP contribution is -1.96. The summed E-state index contributed by atoms with van der Waals surface area (Å²) in [4.78, 5) is 0. The van der Waals surface area contributed by atoms with Gasteiger partial charge in [-0.05, 0) is 55.4 Å². The topological polar surface area (TPSA) is 0 Å². The second kappa shape index (κ2) is 4.84. The van der Waals surface area contributed by atoms with E-state index in [-0.39, 0.29) is 0 Å². The number of aryl methyl sites for hydroxylation is 1. The van der Waals surface area contributed by atoms with Gasteiger partial charge in [-0.15, -0.1) is 0 Å². The fourth-order valence-corrected chi connectivity index (χ4v) is 3.90. The summed E-state index contributed by atoms with van der Waals surface area (Å²) in [6.45, 7) is 0. The summed E-state index contributed by atoms with van der Waals surface area (Å²) in [5, 5.41) is 0. The molecule has 2 aliphatic carbocycles. The SMILES string of the molecule is c1ccc(CCCCC2CC23CCCC3)cc1. The van der Waals surface area contributed by atoms with Gasteiger partial charge in [0.25, 0.3) is 0 Å². The predicted octanol–water partition coefficient (Wildman–Crippen LogP) is 4.98. The zero-order valence-electron chi connectivity index (χ0n) is 10.8. The summed E-state index contributed by atoms with van der Waals surface area (Å²) in [5.74, 6) is 1.11. The van der Waals surface area contributed by atoms with Gasteiger partial charge in [-0.25, -0.2) is 0 Å². The van der Waals surface area contributed by atoms with Crippen molar-refractivity contribution in [2.45, 2.75) is 57.8 Å². The molecule has 0 amide bonds. The Labute approximate surface area is 105 Å². The molecule has 0 nitrogen and oxygen atoms in total. The molecular weight excluding hydrogens is 204 g/mol. The van der Waals surface area contributed by atoms with Gasteiger partial charge in [-0.3, -0.25) is 0 Å². The normalized spacial score (nSPS) is 25.3. The molecule has 0 aromatic heterocycles. The summed E-state index contributed by atoms with van der Waals surface area (Å²) >= 11 is 0. The molecule has 0 bridgehead atoms. The van der Waals surface area contributed by atoms with Crippen molar-refractivity contribution < 1.29 is 0 Å². The third kappa shape index (κ3) is 2.56. The summed E-state index contributed by atoms with van der Waals surface area (Å²) in [7, 11) is 0. The van der Waals surface area contributed by atoms with E-state index in [1.807, 2.05) is 0 Å². The molecule has 0 saturated heterocycles. The van der Waals surface area contributed by atoms with Gasteiger partial charge < -0.3 is 0 Å². The van der Waals surface area contributed by atoms with Crippen LogP contribution in [-0.4, -0.2) is 0 Å². The first-order valence-corrected chi connectivity index (χ1v) is 7.43. The molecule has 1 spiro atoms. The van der Waals surface area contributed by atoms with E-state index < -0.39 is 0 Å². The highest BCUT2D eigenvalue weighted by Crippen LogP contribution is 2.64. The minimum Gasteiger partial charge on any atom is -0.0622 e. The van der Waals surface area contributed by atoms with E-state index in [2.05, 4.69) is 30.3 Å². The van der Waals surface area contributed by atoms with Crippen molar-refractivity contribution in [3.8, 4) is 0 Å². The summed E-state index contributed by atoms with van der Waals surface area (Å²) in [6.07, 6.45) is 13.3. The van der Waals surface area contributed by atoms with E-state index in [1.165, 1.54) is 44.1 Å². The van der Waals surface area contributed by atoms with Crippen LogP contribution in [0.15, 0.2) is 30.3 Å². The number of hydrogen-bond donors (Lipinski definition) is 0. The van der Waals surface area contributed by atoms with E-state index in [0.717, 1.165) is 11.3 Å². The molecule has 92 valence electrons. The Kier molecular flexibility index (Phi) is 3.22. The Hall–Kier alpha value is -0.780. The van der Waals surface area contributed by atoms with Gasteiger partial charge in [0.2, 0.25) is 0 Å². The Morgan fingerprint density at radius 2 is 1.76 bits per heavy atom. The average Bonchev–Trinajstić information content (AvgIpc) is 2.81. The highest BCUT2D eigenvalue weighted by Gasteiger charge is 2.53. The molecule has 0 heterocycles. The molecule has 1 aromatic rings. The smallest absolute Gasteiger partial charge is 0.0266 e. The van der Waals surface area contributed by atoms with Crippen LogP contribution in [0.2, 0.25) is 0 Å². The quantitative estimate of drug-likeness (QED) is 0.623. The zero-order chi connectivity index (χ0) is 11.6. The van der Waals surface area contributed by atoms with E-state index in [0.29, 0.717) is 0 Å². The van der Waals surface area contributed by atoms with Crippen molar-refractivity contribution in [1.29, 1.82) is 0 Å². The van der Waals surface area contributed by atoms with Crippen molar-refractivity contribution in [3.05, 3.63) is 35.9 Å². The second-order valence-electron chi connectivity index (χ2n) is 6.20. The summed E-state index contributed by atoms with van der Waals surface area (Å²) < 4.78 is 0. The Bertz CT molecular complexity index is 346. The fourth-order valence-electron chi connectivity index (χ4n) is 3.90. The number of rotatable bonds is 5. The largest absolute Gasteiger partial charge is 0.0622 e. The maximum atomic E-state index is 2.26. The zero-order valence-corrected chi connectivity index (χ0v) is 10.8. The van der Waals surface area contributed by atoms with Gasteiger partial charge in [0.15, 0.2) is 0 Å². The molecule has 2 aliphatic rings. The molecule has 0 radical (unpaired) electrons. The molecule has 0 heteroatoms. The monoisotopic (exact) mass is 228 g/mol. The minimum absolute atomic E-state index is 0.868. The Morgan fingerprint density at radius 1 is 1.00 bits per heavy atom. The first kappa shape index (κ1) is 11.3. The van der Waals surface area contributed by atoms with E-state index in [1.54, 1.807) is 19.3 Å². The van der Waals surface area contributed by atoms with Crippen LogP contribution >= 0.6 is 0 Å². The fraction of sp³-hybridized carbons (Fsp3) is 0.647. The van der Waals surface area contributed by atoms with E-state index >= 15 is 0 Å². The van der Waals surface area contributed by atoms with Crippen LogP contribution in [0.5, 0.6) is 0 Å². The first-order valence-electron chi connectivity index (χ1n) is 7.43. The van der Waals surface area contributed by atoms with Gasteiger partial charge in [-0.1, -0.05) is 49.6 Å². The standard InChI is InChI=1S/C17H24/c1-2-8-15(9-3-1)10-4-5-11-16-14-17(16)12-6-7-13-17/h1-3,8-9,16H,4-7,10-14H2.